The number of aliphatic hydroxyl groups is 1. The number of piperidine rings is 1. The zero-order chi connectivity index (χ0) is 24.2. The minimum Gasteiger partial charge on any atom is -0.380 e. The van der Waals surface area contributed by atoms with Crippen molar-refractivity contribution in [2.45, 2.75) is 63.5 Å². The number of likely N-dealkylation sites (tertiary alicyclic amines) is 1. The maximum Gasteiger partial charge on any atom is 0.320 e. The van der Waals surface area contributed by atoms with Crippen LogP contribution in [-0.2, 0) is 15.5 Å². The van der Waals surface area contributed by atoms with Crippen LogP contribution >= 0.6 is 0 Å². The van der Waals surface area contributed by atoms with Gasteiger partial charge in [-0.2, -0.15) is 0 Å². The third-order valence-corrected chi connectivity index (χ3v) is 6.82. The maximum absolute atomic E-state index is 13.6. The molecular formula is C24H35F2N3O4. The molecular weight excluding hydrogens is 432 g/mol. The summed E-state index contributed by atoms with van der Waals surface area (Å²) < 4.78 is 32.6. The molecule has 0 radical (unpaired) electrons. The second-order valence-electron chi connectivity index (χ2n) is 9.14. The van der Waals surface area contributed by atoms with Gasteiger partial charge in [0.2, 0.25) is 0 Å². The number of hydrogen-bond donors (Lipinski definition) is 2. The molecule has 0 saturated carbocycles. The number of halogens is 2. The Hall–Kier alpha value is -2.26. The first kappa shape index (κ1) is 25.4. The molecule has 1 aromatic rings. The molecule has 3 rings (SSSR count). The number of nitrogens with one attached hydrogen (secondary N) is 1. The summed E-state index contributed by atoms with van der Waals surface area (Å²) in [6.45, 7) is 7.10. The van der Waals surface area contributed by atoms with Crippen LogP contribution < -0.4 is 5.32 Å². The van der Waals surface area contributed by atoms with Crippen LogP contribution in [0.4, 0.5) is 13.6 Å². The highest BCUT2D eigenvalue weighted by Gasteiger charge is 2.38. The molecule has 3 amide bonds. The highest BCUT2D eigenvalue weighted by molar-refractivity contribution is 5.85. The van der Waals surface area contributed by atoms with E-state index in [0.29, 0.717) is 45.8 Å². The molecule has 7 nitrogen and oxygen atoms in total. The first-order valence-electron chi connectivity index (χ1n) is 11.7. The predicted molar refractivity (Wildman–Crippen MR) is 120 cm³/mol. The van der Waals surface area contributed by atoms with Crippen molar-refractivity contribution in [1.29, 1.82) is 0 Å². The summed E-state index contributed by atoms with van der Waals surface area (Å²) in [5.74, 6) is -3.51. The number of ether oxygens (including phenoxy) is 1. The molecule has 0 aliphatic carbocycles. The van der Waals surface area contributed by atoms with Gasteiger partial charge in [0.25, 0.3) is 11.8 Å². The SMILES string of the molecule is CCC(O)(CC)C(=O)NC1CC(c2ccc(C(C)(F)F)cc2)CN(C(=O)N2CCOCC2)C1. The van der Waals surface area contributed by atoms with E-state index in [0.717, 1.165) is 12.5 Å². The Morgan fingerprint density at radius 1 is 1.09 bits per heavy atom. The number of hydrogen-bond acceptors (Lipinski definition) is 4. The lowest BCUT2D eigenvalue weighted by Crippen LogP contribution is -2.58. The Bertz CT molecular complexity index is 818. The quantitative estimate of drug-likeness (QED) is 0.674. The molecule has 0 spiro atoms. The molecule has 184 valence electrons. The van der Waals surface area contributed by atoms with Crippen molar-refractivity contribution >= 4 is 11.9 Å². The van der Waals surface area contributed by atoms with E-state index >= 15 is 0 Å². The number of morpholine rings is 1. The summed E-state index contributed by atoms with van der Waals surface area (Å²) in [4.78, 5) is 29.4. The summed E-state index contributed by atoms with van der Waals surface area (Å²) in [6, 6.07) is 5.69. The molecule has 9 heteroatoms. The lowest BCUT2D eigenvalue weighted by Gasteiger charge is -2.42. The zero-order valence-corrected chi connectivity index (χ0v) is 19.7. The van der Waals surface area contributed by atoms with E-state index in [1.54, 1.807) is 35.8 Å². The predicted octanol–water partition coefficient (Wildman–Crippen LogP) is 3.08. The van der Waals surface area contributed by atoms with Gasteiger partial charge in [-0.3, -0.25) is 4.79 Å². The monoisotopic (exact) mass is 467 g/mol. The molecule has 2 atom stereocenters. The fourth-order valence-corrected chi connectivity index (χ4v) is 4.49. The van der Waals surface area contributed by atoms with E-state index in [-0.39, 0.29) is 36.4 Å². The molecule has 2 saturated heterocycles. The number of carbonyl (C=O) groups excluding carboxylic acids is 2. The summed E-state index contributed by atoms with van der Waals surface area (Å²) in [7, 11) is 0. The van der Waals surface area contributed by atoms with Gasteiger partial charge in [-0.1, -0.05) is 38.1 Å². The summed E-state index contributed by atoms with van der Waals surface area (Å²) >= 11 is 0. The average molecular weight is 468 g/mol. The zero-order valence-electron chi connectivity index (χ0n) is 19.7. The van der Waals surface area contributed by atoms with Crippen molar-refractivity contribution < 1.29 is 28.2 Å². The summed E-state index contributed by atoms with van der Waals surface area (Å²) in [6.07, 6.45) is 1.12. The van der Waals surface area contributed by atoms with Crippen LogP contribution in [0, 0.1) is 0 Å². The Morgan fingerprint density at radius 2 is 1.70 bits per heavy atom. The van der Waals surface area contributed by atoms with Crippen molar-refractivity contribution in [3.05, 3.63) is 35.4 Å². The van der Waals surface area contributed by atoms with Crippen molar-refractivity contribution in [2.24, 2.45) is 0 Å². The fourth-order valence-electron chi connectivity index (χ4n) is 4.49. The van der Waals surface area contributed by atoms with Crippen LogP contribution in [0.3, 0.4) is 0 Å². The molecule has 1 aromatic carbocycles. The molecule has 0 aromatic heterocycles. The molecule has 2 fully saturated rings. The van der Waals surface area contributed by atoms with Crippen LogP contribution in [0.25, 0.3) is 0 Å². The number of benzene rings is 1. The van der Waals surface area contributed by atoms with Crippen molar-refractivity contribution in [1.82, 2.24) is 15.1 Å². The normalized spacial score (nSPS) is 22.2. The lowest BCUT2D eigenvalue weighted by molar-refractivity contribution is -0.141. The first-order valence-corrected chi connectivity index (χ1v) is 11.7. The Morgan fingerprint density at radius 3 is 2.24 bits per heavy atom. The standard InChI is InChI=1S/C24H35F2N3O4/c1-4-24(32,5-2)21(30)27-20-14-18(17-6-8-19(9-7-17)23(3,25)26)15-29(16-20)22(31)28-10-12-33-13-11-28/h6-9,18,20,32H,4-5,10-16H2,1-3H3,(H,27,30). The molecule has 33 heavy (non-hydrogen) atoms. The number of rotatable bonds is 6. The van der Waals surface area contributed by atoms with Gasteiger partial charge < -0.3 is 25.0 Å². The second kappa shape index (κ2) is 10.3. The van der Waals surface area contributed by atoms with Crippen molar-refractivity contribution in [3.63, 3.8) is 0 Å². The highest BCUT2D eigenvalue weighted by atomic mass is 19.3. The van der Waals surface area contributed by atoms with Gasteiger partial charge in [-0.05, 0) is 24.8 Å². The van der Waals surface area contributed by atoms with E-state index < -0.39 is 17.4 Å². The smallest absolute Gasteiger partial charge is 0.320 e. The highest BCUT2D eigenvalue weighted by Crippen LogP contribution is 2.32. The third-order valence-electron chi connectivity index (χ3n) is 6.82. The van der Waals surface area contributed by atoms with Crippen molar-refractivity contribution in [2.75, 3.05) is 39.4 Å². The molecule has 2 aliphatic heterocycles. The molecule has 2 aliphatic rings. The number of alkyl halides is 2. The van der Waals surface area contributed by atoms with E-state index in [9.17, 15) is 23.5 Å². The van der Waals surface area contributed by atoms with E-state index in [1.165, 1.54) is 12.1 Å². The van der Waals surface area contributed by atoms with E-state index in [4.69, 9.17) is 4.74 Å². The Labute approximate surface area is 194 Å². The number of urea groups is 1. The largest absolute Gasteiger partial charge is 0.380 e. The van der Waals surface area contributed by atoms with E-state index in [2.05, 4.69) is 5.32 Å². The average Bonchev–Trinajstić information content (AvgIpc) is 2.82. The first-order chi connectivity index (χ1) is 15.6. The summed E-state index contributed by atoms with van der Waals surface area (Å²) in [5, 5.41) is 13.5. The minimum atomic E-state index is -2.93. The van der Waals surface area contributed by atoms with Crippen LogP contribution in [0.5, 0.6) is 0 Å². The molecule has 0 bridgehead atoms. The third kappa shape index (κ3) is 6.00. The Balaban J connectivity index is 1.81. The van der Waals surface area contributed by atoms with Gasteiger partial charge in [-0.25, -0.2) is 13.6 Å². The fraction of sp³-hybridized carbons (Fsp3) is 0.667. The van der Waals surface area contributed by atoms with Gasteiger partial charge in [-0.15, -0.1) is 0 Å². The number of nitrogens with zero attached hydrogens (tertiary/aromatic N) is 2. The summed E-state index contributed by atoms with van der Waals surface area (Å²) in [5.41, 5.74) is -0.688. The van der Waals surface area contributed by atoms with Gasteiger partial charge in [0.15, 0.2) is 0 Å². The minimum absolute atomic E-state index is 0.0656. The topological polar surface area (TPSA) is 82.1 Å². The van der Waals surface area contributed by atoms with E-state index in [1.807, 2.05) is 0 Å². The maximum atomic E-state index is 13.6. The van der Waals surface area contributed by atoms with Gasteiger partial charge in [0.05, 0.1) is 13.2 Å². The second-order valence-corrected chi connectivity index (χ2v) is 9.14. The number of carbonyl (C=O) groups is 2. The van der Waals surface area contributed by atoms with Gasteiger partial charge >= 0.3 is 6.03 Å². The van der Waals surface area contributed by atoms with Gasteiger partial charge in [0, 0.05) is 50.6 Å². The Kier molecular flexibility index (Phi) is 7.95. The van der Waals surface area contributed by atoms with Crippen LogP contribution in [0.2, 0.25) is 0 Å². The van der Waals surface area contributed by atoms with Crippen molar-refractivity contribution in [3.8, 4) is 0 Å². The number of amides is 3. The molecule has 2 N–H and O–H groups in total. The van der Waals surface area contributed by atoms with Crippen LogP contribution in [-0.4, -0.2) is 77.9 Å². The van der Waals surface area contributed by atoms with Crippen LogP contribution in [0.15, 0.2) is 24.3 Å². The molecule has 2 unspecified atom stereocenters. The van der Waals surface area contributed by atoms with Crippen LogP contribution in [0.1, 0.15) is 57.1 Å². The molecule has 2 heterocycles. The van der Waals surface area contributed by atoms with Gasteiger partial charge in [0.1, 0.15) is 5.60 Å². The lowest BCUT2D eigenvalue weighted by atomic mass is 9.86.